The van der Waals surface area contributed by atoms with E-state index in [0.29, 0.717) is 0 Å². The molecule has 0 bridgehead atoms. The molecular formula is C13H23NO. The molecule has 1 heterocycles. The van der Waals surface area contributed by atoms with E-state index in [4.69, 9.17) is 4.74 Å². The zero-order chi connectivity index (χ0) is 11.7. The monoisotopic (exact) mass is 209 g/mol. The summed E-state index contributed by atoms with van der Waals surface area (Å²) >= 11 is 0. The minimum Gasteiger partial charge on any atom is -0.378 e. The minimum absolute atomic E-state index is 0.806. The largest absolute Gasteiger partial charge is 0.378 e. The average Bonchev–Trinajstić information content (AvgIpc) is 2.32. The van der Waals surface area contributed by atoms with Crippen molar-refractivity contribution < 1.29 is 4.74 Å². The van der Waals surface area contributed by atoms with Crippen molar-refractivity contribution in [3.63, 3.8) is 0 Å². The van der Waals surface area contributed by atoms with Crippen LogP contribution in [0.15, 0.2) is 36.6 Å². The molecule has 1 rings (SSSR count). The summed E-state index contributed by atoms with van der Waals surface area (Å²) in [7, 11) is 0. The molecule has 2 nitrogen and oxygen atoms in total. The molecule has 1 aliphatic rings. The van der Waals surface area contributed by atoms with Gasteiger partial charge in [0.1, 0.15) is 0 Å². The Balaban J connectivity index is 0.000000921. The standard InChI is InChI=1S/C11H17NO.C2H6/c1-4-5-10(2)11(3)12-6-8-13-9-7-12;1-2/h4-5H,1,3,6-9H2,2H3;1-2H3/b10-5-;. The molecule has 0 N–H and O–H groups in total. The van der Waals surface area contributed by atoms with Crippen LogP contribution >= 0.6 is 0 Å². The van der Waals surface area contributed by atoms with Crippen molar-refractivity contribution in [1.29, 1.82) is 0 Å². The maximum atomic E-state index is 5.27. The average molecular weight is 209 g/mol. The molecule has 1 aliphatic heterocycles. The minimum atomic E-state index is 0.806. The van der Waals surface area contributed by atoms with Gasteiger partial charge in [-0.25, -0.2) is 0 Å². The van der Waals surface area contributed by atoms with E-state index in [1.807, 2.05) is 19.9 Å². The first-order chi connectivity index (χ1) is 7.25. The summed E-state index contributed by atoms with van der Waals surface area (Å²) in [5, 5.41) is 0. The molecule has 0 aromatic heterocycles. The number of allylic oxidation sites excluding steroid dienone is 3. The van der Waals surface area contributed by atoms with Crippen molar-refractivity contribution in [1.82, 2.24) is 4.90 Å². The fraction of sp³-hybridized carbons (Fsp3) is 0.538. The Morgan fingerprint density at radius 1 is 1.27 bits per heavy atom. The number of nitrogens with zero attached hydrogens (tertiary/aromatic N) is 1. The smallest absolute Gasteiger partial charge is 0.0642 e. The van der Waals surface area contributed by atoms with Gasteiger partial charge in [-0.2, -0.15) is 0 Å². The lowest BCUT2D eigenvalue weighted by atomic mass is 10.2. The molecule has 0 amide bonds. The van der Waals surface area contributed by atoms with E-state index in [1.165, 1.54) is 5.57 Å². The Morgan fingerprint density at radius 3 is 2.27 bits per heavy atom. The van der Waals surface area contributed by atoms with Crippen LogP contribution in [0.4, 0.5) is 0 Å². The third-order valence-electron chi connectivity index (χ3n) is 2.22. The van der Waals surface area contributed by atoms with Crippen molar-refractivity contribution >= 4 is 0 Å². The summed E-state index contributed by atoms with van der Waals surface area (Å²) in [4.78, 5) is 2.25. The normalized spacial score (nSPS) is 16.5. The first-order valence-electron chi connectivity index (χ1n) is 5.57. The van der Waals surface area contributed by atoms with Crippen molar-refractivity contribution in [2.75, 3.05) is 26.3 Å². The first kappa shape index (κ1) is 14.0. The fourth-order valence-electron chi connectivity index (χ4n) is 1.36. The van der Waals surface area contributed by atoms with E-state index in [2.05, 4.69) is 25.0 Å². The molecule has 0 spiro atoms. The van der Waals surface area contributed by atoms with Gasteiger partial charge < -0.3 is 9.64 Å². The van der Waals surface area contributed by atoms with Crippen LogP contribution in [-0.4, -0.2) is 31.2 Å². The lowest BCUT2D eigenvalue weighted by molar-refractivity contribution is 0.0550. The maximum absolute atomic E-state index is 5.27. The highest BCUT2D eigenvalue weighted by Gasteiger charge is 2.12. The Kier molecular flexibility index (Phi) is 7.74. The predicted molar refractivity (Wildman–Crippen MR) is 66.8 cm³/mol. The van der Waals surface area contributed by atoms with Crippen LogP contribution in [0.3, 0.4) is 0 Å². The van der Waals surface area contributed by atoms with Gasteiger partial charge in [0.15, 0.2) is 0 Å². The number of rotatable bonds is 3. The Labute approximate surface area is 93.9 Å². The Bertz CT molecular complexity index is 225. The Hall–Kier alpha value is -1.02. The third kappa shape index (κ3) is 4.84. The molecule has 0 atom stereocenters. The zero-order valence-electron chi connectivity index (χ0n) is 10.3. The molecular weight excluding hydrogens is 186 g/mol. The van der Waals surface area contributed by atoms with Gasteiger partial charge >= 0.3 is 0 Å². The summed E-state index contributed by atoms with van der Waals surface area (Å²) in [5.41, 5.74) is 2.26. The number of hydrogen-bond acceptors (Lipinski definition) is 2. The van der Waals surface area contributed by atoms with Gasteiger partial charge in [-0.05, 0) is 12.5 Å². The van der Waals surface area contributed by atoms with Crippen LogP contribution < -0.4 is 0 Å². The SMILES string of the molecule is C=C/C=C(/C)C(=C)N1CCOCC1.CC. The van der Waals surface area contributed by atoms with E-state index < -0.39 is 0 Å². The van der Waals surface area contributed by atoms with Crippen molar-refractivity contribution in [2.45, 2.75) is 20.8 Å². The van der Waals surface area contributed by atoms with Gasteiger partial charge in [-0.1, -0.05) is 39.2 Å². The number of hydrogen-bond donors (Lipinski definition) is 0. The molecule has 0 saturated carbocycles. The fourth-order valence-corrected chi connectivity index (χ4v) is 1.36. The van der Waals surface area contributed by atoms with E-state index in [9.17, 15) is 0 Å². The lowest BCUT2D eigenvalue weighted by Crippen LogP contribution is -2.35. The van der Waals surface area contributed by atoms with E-state index in [0.717, 1.165) is 32.0 Å². The molecule has 0 aromatic carbocycles. The molecule has 15 heavy (non-hydrogen) atoms. The van der Waals surface area contributed by atoms with E-state index in [-0.39, 0.29) is 0 Å². The summed E-state index contributed by atoms with van der Waals surface area (Å²) in [5.74, 6) is 0. The van der Waals surface area contributed by atoms with Crippen LogP contribution in [0.1, 0.15) is 20.8 Å². The number of ether oxygens (including phenoxy) is 1. The van der Waals surface area contributed by atoms with Crippen molar-refractivity contribution in [3.05, 3.63) is 36.6 Å². The van der Waals surface area contributed by atoms with Crippen LogP contribution in [0.5, 0.6) is 0 Å². The molecule has 1 fully saturated rings. The molecule has 86 valence electrons. The van der Waals surface area contributed by atoms with Crippen molar-refractivity contribution in [2.24, 2.45) is 0 Å². The van der Waals surface area contributed by atoms with Crippen LogP contribution in [0.25, 0.3) is 0 Å². The summed E-state index contributed by atoms with van der Waals surface area (Å²) in [6, 6.07) is 0. The lowest BCUT2D eigenvalue weighted by Gasteiger charge is -2.30. The van der Waals surface area contributed by atoms with Gasteiger partial charge in [0.05, 0.1) is 13.2 Å². The van der Waals surface area contributed by atoms with E-state index >= 15 is 0 Å². The molecule has 0 unspecified atom stereocenters. The zero-order valence-corrected chi connectivity index (χ0v) is 10.3. The molecule has 0 radical (unpaired) electrons. The highest BCUT2D eigenvalue weighted by atomic mass is 16.5. The van der Waals surface area contributed by atoms with Gasteiger partial charge in [-0.15, -0.1) is 0 Å². The molecule has 2 heteroatoms. The first-order valence-corrected chi connectivity index (χ1v) is 5.57. The summed E-state index contributed by atoms with van der Waals surface area (Å²) < 4.78 is 5.27. The topological polar surface area (TPSA) is 12.5 Å². The van der Waals surface area contributed by atoms with Gasteiger partial charge in [0.25, 0.3) is 0 Å². The second-order valence-electron chi connectivity index (χ2n) is 3.13. The molecule has 1 saturated heterocycles. The van der Waals surface area contributed by atoms with Gasteiger partial charge in [0, 0.05) is 18.8 Å². The molecule has 0 aliphatic carbocycles. The Morgan fingerprint density at radius 2 is 1.80 bits per heavy atom. The summed E-state index contributed by atoms with van der Waals surface area (Å²) in [6.45, 7) is 17.3. The predicted octanol–water partition coefficient (Wildman–Crippen LogP) is 2.99. The van der Waals surface area contributed by atoms with Gasteiger partial charge in [0.2, 0.25) is 0 Å². The third-order valence-corrected chi connectivity index (χ3v) is 2.22. The van der Waals surface area contributed by atoms with Gasteiger partial charge in [-0.3, -0.25) is 0 Å². The molecule has 0 aromatic rings. The highest BCUT2D eigenvalue weighted by Crippen LogP contribution is 2.14. The van der Waals surface area contributed by atoms with Crippen molar-refractivity contribution in [3.8, 4) is 0 Å². The summed E-state index contributed by atoms with van der Waals surface area (Å²) in [6.07, 6.45) is 3.78. The van der Waals surface area contributed by atoms with Crippen LogP contribution in [0.2, 0.25) is 0 Å². The van der Waals surface area contributed by atoms with Crippen LogP contribution in [-0.2, 0) is 4.74 Å². The van der Waals surface area contributed by atoms with E-state index in [1.54, 1.807) is 6.08 Å². The maximum Gasteiger partial charge on any atom is 0.0642 e. The number of morpholine rings is 1. The second-order valence-corrected chi connectivity index (χ2v) is 3.13. The van der Waals surface area contributed by atoms with Crippen LogP contribution in [0, 0.1) is 0 Å². The quantitative estimate of drug-likeness (QED) is 0.663. The highest BCUT2D eigenvalue weighted by molar-refractivity contribution is 5.28. The second kappa shape index (κ2) is 8.30.